The van der Waals surface area contributed by atoms with Gasteiger partial charge in [0.1, 0.15) is 5.75 Å². The molecule has 1 aliphatic rings. The molecule has 1 N–H and O–H groups in total. The highest BCUT2D eigenvalue weighted by Crippen LogP contribution is 2.31. The van der Waals surface area contributed by atoms with E-state index in [1.807, 2.05) is 12.1 Å². The Hall–Kier alpha value is -2.95. The van der Waals surface area contributed by atoms with Gasteiger partial charge in [0.05, 0.1) is 24.8 Å². The van der Waals surface area contributed by atoms with Gasteiger partial charge in [0.25, 0.3) is 0 Å². The Kier molecular flexibility index (Phi) is 4.89. The lowest BCUT2D eigenvalue weighted by atomic mass is 9.85. The molecule has 5 heteroatoms. The number of methoxy groups -OCH3 is 1. The summed E-state index contributed by atoms with van der Waals surface area (Å²) in [6, 6.07) is 12.8. The van der Waals surface area contributed by atoms with Crippen LogP contribution in [0.3, 0.4) is 0 Å². The third-order valence-corrected chi connectivity index (χ3v) is 4.45. The summed E-state index contributed by atoms with van der Waals surface area (Å²) in [5.41, 5.74) is 3.96. The molecule has 0 bridgehead atoms. The van der Waals surface area contributed by atoms with Crippen LogP contribution in [0.5, 0.6) is 5.75 Å². The van der Waals surface area contributed by atoms with E-state index in [2.05, 4.69) is 25.2 Å². The molecule has 5 nitrogen and oxygen atoms in total. The topological polar surface area (TPSA) is 67.8 Å². The molecular weight excluding hydrogens is 328 g/mol. The molecule has 0 saturated carbocycles. The molecule has 0 fully saturated rings. The van der Waals surface area contributed by atoms with Crippen molar-refractivity contribution in [3.05, 3.63) is 59.2 Å². The fourth-order valence-corrected chi connectivity index (χ4v) is 3.25. The molecule has 1 heterocycles. The summed E-state index contributed by atoms with van der Waals surface area (Å²) in [4.78, 5) is 28.1. The summed E-state index contributed by atoms with van der Waals surface area (Å²) < 4.78 is 5.33. The van der Waals surface area contributed by atoms with Crippen LogP contribution in [0.25, 0.3) is 0 Å². The number of ketones is 1. The van der Waals surface area contributed by atoms with Crippen LogP contribution in [0.1, 0.15) is 41.8 Å². The zero-order valence-corrected chi connectivity index (χ0v) is 15.2. The van der Waals surface area contributed by atoms with Crippen molar-refractivity contribution in [2.75, 3.05) is 12.4 Å². The van der Waals surface area contributed by atoms with Gasteiger partial charge in [0.15, 0.2) is 5.78 Å². The minimum atomic E-state index is -0.241. The van der Waals surface area contributed by atoms with Crippen molar-refractivity contribution in [1.82, 2.24) is 0 Å². The second-order valence-corrected chi connectivity index (χ2v) is 7.01. The van der Waals surface area contributed by atoms with Gasteiger partial charge in [-0.3, -0.25) is 14.6 Å². The molecule has 0 radical (unpaired) electrons. The predicted octanol–water partition coefficient (Wildman–Crippen LogP) is 3.66. The third-order valence-electron chi connectivity index (χ3n) is 4.45. The normalized spacial score (nSPS) is 14.8. The number of hydrogen-bond donors (Lipinski definition) is 1. The molecule has 2 aromatic rings. The summed E-state index contributed by atoms with van der Waals surface area (Å²) in [5.74, 6) is 0.751. The van der Waals surface area contributed by atoms with Gasteiger partial charge < -0.3 is 10.1 Å². The van der Waals surface area contributed by atoms with Crippen LogP contribution in [-0.2, 0) is 11.2 Å². The minimum absolute atomic E-state index is 0.00660. The Labute approximate surface area is 153 Å². The number of carbonyl (C=O) groups is 2. The number of rotatable bonds is 6. The Morgan fingerprint density at radius 3 is 2.62 bits per heavy atom. The molecule has 0 saturated heterocycles. The standard InChI is InChI=1S/C21H22N2O3/c1-21(2)12-15-6-9-17(26-3)10-18(15)19(23-21)11-20(25)14-4-7-16(8-5-14)22-13-24/h4-10,13H,11-12H2,1-3H3,(H,22,24). The molecule has 2 aromatic carbocycles. The van der Waals surface area contributed by atoms with Crippen LogP contribution >= 0.6 is 0 Å². The molecule has 0 aliphatic carbocycles. The first-order valence-corrected chi connectivity index (χ1v) is 8.51. The fraction of sp³-hybridized carbons (Fsp3) is 0.286. The van der Waals surface area contributed by atoms with Gasteiger partial charge in [-0.25, -0.2) is 0 Å². The molecule has 0 atom stereocenters. The Balaban J connectivity index is 1.89. The quantitative estimate of drug-likeness (QED) is 0.638. The highest BCUT2D eigenvalue weighted by molar-refractivity contribution is 6.17. The lowest BCUT2D eigenvalue weighted by Crippen LogP contribution is -2.30. The van der Waals surface area contributed by atoms with Crippen molar-refractivity contribution in [2.45, 2.75) is 32.2 Å². The van der Waals surface area contributed by atoms with E-state index in [1.54, 1.807) is 31.4 Å². The summed E-state index contributed by atoms with van der Waals surface area (Å²) >= 11 is 0. The van der Waals surface area contributed by atoms with Crippen LogP contribution < -0.4 is 10.1 Å². The smallest absolute Gasteiger partial charge is 0.211 e. The first-order valence-electron chi connectivity index (χ1n) is 8.51. The molecular formula is C21H22N2O3. The third kappa shape index (κ3) is 3.82. The summed E-state index contributed by atoms with van der Waals surface area (Å²) in [7, 11) is 1.63. The molecule has 0 aromatic heterocycles. The highest BCUT2D eigenvalue weighted by Gasteiger charge is 2.28. The van der Waals surface area contributed by atoms with E-state index in [9.17, 15) is 9.59 Å². The van der Waals surface area contributed by atoms with Crippen molar-refractivity contribution in [3.63, 3.8) is 0 Å². The van der Waals surface area contributed by atoms with Gasteiger partial charge in [-0.05, 0) is 62.2 Å². The summed E-state index contributed by atoms with van der Waals surface area (Å²) in [6.45, 7) is 4.15. The molecule has 26 heavy (non-hydrogen) atoms. The number of aliphatic imine (C=N–C) groups is 1. The number of nitrogens with zero attached hydrogens (tertiary/aromatic N) is 1. The van der Waals surface area contributed by atoms with Crippen molar-refractivity contribution in [1.29, 1.82) is 0 Å². The first-order chi connectivity index (χ1) is 12.4. The van der Waals surface area contributed by atoms with Crippen molar-refractivity contribution < 1.29 is 14.3 Å². The number of hydrogen-bond acceptors (Lipinski definition) is 4. The van der Waals surface area contributed by atoms with Gasteiger partial charge in [-0.1, -0.05) is 6.07 Å². The number of carbonyl (C=O) groups excluding carboxylic acids is 2. The summed E-state index contributed by atoms with van der Waals surface area (Å²) in [6.07, 6.45) is 1.67. The lowest BCUT2D eigenvalue weighted by Gasteiger charge is -2.29. The summed E-state index contributed by atoms with van der Waals surface area (Å²) in [5, 5.41) is 2.56. The Bertz CT molecular complexity index is 867. The second kappa shape index (κ2) is 7.12. The maximum Gasteiger partial charge on any atom is 0.211 e. The number of anilines is 1. The number of Topliss-reactive ketones (excluding diaryl/α,β-unsaturated/α-hetero) is 1. The molecule has 3 rings (SSSR count). The zero-order valence-electron chi connectivity index (χ0n) is 15.2. The predicted molar refractivity (Wildman–Crippen MR) is 102 cm³/mol. The van der Waals surface area contributed by atoms with E-state index in [1.165, 1.54) is 5.56 Å². The largest absolute Gasteiger partial charge is 0.497 e. The monoisotopic (exact) mass is 350 g/mol. The van der Waals surface area contributed by atoms with Gasteiger partial charge in [0.2, 0.25) is 6.41 Å². The van der Waals surface area contributed by atoms with E-state index >= 15 is 0 Å². The molecule has 134 valence electrons. The van der Waals surface area contributed by atoms with Gasteiger partial charge in [-0.15, -0.1) is 0 Å². The van der Waals surface area contributed by atoms with E-state index in [-0.39, 0.29) is 17.7 Å². The average molecular weight is 350 g/mol. The minimum Gasteiger partial charge on any atom is -0.497 e. The van der Waals surface area contributed by atoms with Crippen LogP contribution in [0.15, 0.2) is 47.5 Å². The molecule has 0 unspecified atom stereocenters. The van der Waals surface area contributed by atoms with Crippen LogP contribution in [0.2, 0.25) is 0 Å². The van der Waals surface area contributed by atoms with Gasteiger partial charge in [-0.2, -0.15) is 0 Å². The van der Waals surface area contributed by atoms with Crippen LogP contribution in [-0.4, -0.2) is 30.6 Å². The maximum atomic E-state index is 12.8. The van der Waals surface area contributed by atoms with Crippen molar-refractivity contribution in [3.8, 4) is 5.75 Å². The number of fused-ring (bicyclic) bond motifs is 1. The van der Waals surface area contributed by atoms with E-state index in [4.69, 9.17) is 9.73 Å². The zero-order chi connectivity index (χ0) is 18.7. The van der Waals surface area contributed by atoms with Crippen LogP contribution in [0.4, 0.5) is 5.69 Å². The van der Waals surface area contributed by atoms with Crippen LogP contribution in [0, 0.1) is 0 Å². The fourth-order valence-electron chi connectivity index (χ4n) is 3.25. The SMILES string of the molecule is COc1ccc2c(c1)C(CC(=O)c1ccc(NC=O)cc1)=NC(C)(C)C2. The Morgan fingerprint density at radius 1 is 1.23 bits per heavy atom. The number of nitrogens with one attached hydrogen (secondary N) is 1. The van der Waals surface area contributed by atoms with E-state index in [0.29, 0.717) is 17.7 Å². The lowest BCUT2D eigenvalue weighted by molar-refractivity contribution is -0.105. The van der Waals surface area contributed by atoms with E-state index < -0.39 is 0 Å². The van der Waals surface area contributed by atoms with Crippen molar-refractivity contribution in [2.24, 2.45) is 4.99 Å². The average Bonchev–Trinajstić information content (AvgIpc) is 2.61. The second-order valence-electron chi connectivity index (χ2n) is 7.01. The maximum absolute atomic E-state index is 12.8. The first kappa shape index (κ1) is 17.9. The number of ether oxygens (including phenoxy) is 1. The highest BCUT2D eigenvalue weighted by atomic mass is 16.5. The molecule has 1 amide bonds. The van der Waals surface area contributed by atoms with Gasteiger partial charge in [0, 0.05) is 16.8 Å². The van der Waals surface area contributed by atoms with E-state index in [0.717, 1.165) is 23.4 Å². The molecule has 1 aliphatic heterocycles. The number of amides is 1. The number of benzene rings is 2. The van der Waals surface area contributed by atoms with Crippen molar-refractivity contribution >= 4 is 23.6 Å². The van der Waals surface area contributed by atoms with Gasteiger partial charge >= 0.3 is 0 Å². The Morgan fingerprint density at radius 2 is 1.96 bits per heavy atom. The molecule has 0 spiro atoms.